The van der Waals surface area contributed by atoms with Gasteiger partial charge in [-0.05, 0) is 33.0 Å². The number of imidazole rings is 1. The van der Waals surface area contributed by atoms with Crippen LogP contribution in [0.5, 0.6) is 0 Å². The Kier molecular flexibility index (Phi) is 12.1. The number of carbonyl (C=O) groups is 4. The van der Waals surface area contributed by atoms with Crippen LogP contribution in [0.2, 0.25) is 5.02 Å². The number of aliphatic carboxylic acids is 4. The summed E-state index contributed by atoms with van der Waals surface area (Å²) in [5.74, 6) is -4.01. The zero-order valence-electron chi connectivity index (χ0n) is 20.5. The molecule has 1 saturated heterocycles. The van der Waals surface area contributed by atoms with Crippen molar-refractivity contribution in [3.8, 4) is 0 Å². The average molecular weight is 540 g/mol. The maximum atomic E-state index is 9.55. The van der Waals surface area contributed by atoms with E-state index >= 15 is 0 Å². The predicted molar refractivity (Wildman–Crippen MR) is 138 cm³/mol. The summed E-state index contributed by atoms with van der Waals surface area (Å²) in [6, 6.07) is 4.12. The van der Waals surface area contributed by atoms with Crippen LogP contribution in [0, 0.1) is 0 Å². The van der Waals surface area contributed by atoms with Crippen molar-refractivity contribution >= 4 is 58.1 Å². The smallest absolute Gasteiger partial charge is 0.328 e. The van der Waals surface area contributed by atoms with Gasteiger partial charge in [-0.1, -0.05) is 11.6 Å². The standard InChI is InChI=1S/C15H22ClN5.2C4H4O4/c1-10(2)21-14-9-12(17)11(16)8-13(14)18-15(21)20-6-4-19(3)5-7-20;2*5-3(6)1-2-4(7)8/h8-10H,4-7,17H2,1-3H3;2*1-2H,(H,5,6)(H,7,8)/b;2*2-1-. The van der Waals surface area contributed by atoms with Gasteiger partial charge in [0.25, 0.3) is 0 Å². The molecule has 0 atom stereocenters. The van der Waals surface area contributed by atoms with Crippen LogP contribution in [-0.4, -0.2) is 92.0 Å². The van der Waals surface area contributed by atoms with E-state index in [0.29, 0.717) is 41.1 Å². The highest BCUT2D eigenvalue weighted by Crippen LogP contribution is 2.32. The quantitative estimate of drug-likeness (QED) is 0.264. The van der Waals surface area contributed by atoms with E-state index in [1.807, 2.05) is 12.1 Å². The van der Waals surface area contributed by atoms with Crippen molar-refractivity contribution in [1.82, 2.24) is 14.5 Å². The molecule has 0 amide bonds. The molecule has 6 N–H and O–H groups in total. The number of rotatable bonds is 6. The first kappa shape index (κ1) is 30.9. The highest BCUT2D eigenvalue weighted by Gasteiger charge is 2.22. The molecule has 2 aromatic rings. The Labute approximate surface area is 217 Å². The van der Waals surface area contributed by atoms with Crippen LogP contribution in [0.3, 0.4) is 0 Å². The van der Waals surface area contributed by atoms with Crippen LogP contribution in [0.1, 0.15) is 19.9 Å². The molecule has 37 heavy (non-hydrogen) atoms. The van der Waals surface area contributed by atoms with E-state index in [1.54, 1.807) is 0 Å². The number of nitrogens with two attached hydrogens (primary N) is 1. The number of benzene rings is 1. The Hall–Kier alpha value is -4.10. The van der Waals surface area contributed by atoms with Gasteiger partial charge in [0.15, 0.2) is 0 Å². The summed E-state index contributed by atoms with van der Waals surface area (Å²) in [5.41, 5.74) is 8.54. The Balaban J connectivity index is 0.000000355. The molecule has 1 aliphatic rings. The van der Waals surface area contributed by atoms with Crippen molar-refractivity contribution in [2.75, 3.05) is 43.9 Å². The highest BCUT2D eigenvalue weighted by atomic mass is 35.5. The van der Waals surface area contributed by atoms with Gasteiger partial charge >= 0.3 is 23.9 Å². The molecule has 1 aromatic heterocycles. The Morgan fingerprint density at radius 3 is 1.70 bits per heavy atom. The predicted octanol–water partition coefficient (Wildman–Crippen LogP) is 2.03. The van der Waals surface area contributed by atoms with E-state index in [9.17, 15) is 19.2 Å². The third kappa shape index (κ3) is 10.6. The van der Waals surface area contributed by atoms with Crippen LogP contribution in [0.25, 0.3) is 11.0 Å². The molecule has 0 spiro atoms. The maximum absolute atomic E-state index is 9.55. The number of likely N-dealkylation sites (N-methyl/N-ethyl adjacent to an activating group) is 1. The molecule has 1 aliphatic heterocycles. The Morgan fingerprint density at radius 2 is 1.32 bits per heavy atom. The van der Waals surface area contributed by atoms with Gasteiger partial charge in [0.2, 0.25) is 5.95 Å². The maximum Gasteiger partial charge on any atom is 0.328 e. The molecule has 0 bridgehead atoms. The molecular weight excluding hydrogens is 510 g/mol. The fourth-order valence-electron chi connectivity index (χ4n) is 3.14. The molecule has 2 heterocycles. The van der Waals surface area contributed by atoms with E-state index in [-0.39, 0.29) is 0 Å². The first-order valence-electron chi connectivity index (χ1n) is 10.9. The monoisotopic (exact) mass is 539 g/mol. The summed E-state index contributed by atoms with van der Waals surface area (Å²) >= 11 is 6.14. The summed E-state index contributed by atoms with van der Waals surface area (Å²) in [4.78, 5) is 47.7. The highest BCUT2D eigenvalue weighted by molar-refractivity contribution is 6.33. The minimum atomic E-state index is -1.26. The van der Waals surface area contributed by atoms with E-state index in [1.165, 1.54) is 0 Å². The van der Waals surface area contributed by atoms with Gasteiger partial charge < -0.3 is 40.5 Å². The molecule has 202 valence electrons. The lowest BCUT2D eigenvalue weighted by Crippen LogP contribution is -2.45. The van der Waals surface area contributed by atoms with Gasteiger partial charge in [0, 0.05) is 56.5 Å². The molecule has 1 fully saturated rings. The van der Waals surface area contributed by atoms with Crippen molar-refractivity contribution in [2.45, 2.75) is 19.9 Å². The number of anilines is 2. The molecule has 0 saturated carbocycles. The normalized spacial score (nSPS) is 13.8. The van der Waals surface area contributed by atoms with E-state index in [0.717, 1.165) is 43.2 Å². The summed E-state index contributed by atoms with van der Waals surface area (Å²) in [6.45, 7) is 8.46. The number of piperazine rings is 1. The van der Waals surface area contributed by atoms with Gasteiger partial charge in [0.05, 0.1) is 21.7 Å². The van der Waals surface area contributed by atoms with E-state index < -0.39 is 23.9 Å². The van der Waals surface area contributed by atoms with E-state index in [4.69, 9.17) is 42.7 Å². The van der Waals surface area contributed by atoms with Crippen LogP contribution in [-0.2, 0) is 19.2 Å². The van der Waals surface area contributed by atoms with Crippen molar-refractivity contribution in [1.29, 1.82) is 0 Å². The molecule has 0 aliphatic carbocycles. The fraction of sp³-hybridized carbons (Fsp3) is 0.348. The van der Waals surface area contributed by atoms with Crippen LogP contribution in [0.15, 0.2) is 36.4 Å². The van der Waals surface area contributed by atoms with Crippen molar-refractivity contribution in [3.05, 3.63) is 41.5 Å². The van der Waals surface area contributed by atoms with Crippen LogP contribution >= 0.6 is 11.6 Å². The minimum absolute atomic E-state index is 0.324. The van der Waals surface area contributed by atoms with Crippen LogP contribution < -0.4 is 10.6 Å². The third-order valence-corrected chi connectivity index (χ3v) is 5.16. The number of aromatic nitrogens is 2. The number of nitrogen functional groups attached to an aromatic ring is 1. The molecule has 1 aromatic carbocycles. The second-order valence-electron chi connectivity index (χ2n) is 8.05. The molecule has 14 heteroatoms. The number of hydrogen-bond acceptors (Lipinski definition) is 8. The lowest BCUT2D eigenvalue weighted by Gasteiger charge is -2.34. The van der Waals surface area contributed by atoms with Crippen LogP contribution in [0.4, 0.5) is 11.6 Å². The Morgan fingerprint density at radius 1 is 0.892 bits per heavy atom. The van der Waals surface area contributed by atoms with E-state index in [2.05, 4.69) is 35.3 Å². The molecule has 3 rings (SSSR count). The number of nitrogens with zero attached hydrogens (tertiary/aromatic N) is 4. The number of carboxylic acids is 4. The average Bonchev–Trinajstić information content (AvgIpc) is 3.16. The fourth-order valence-corrected chi connectivity index (χ4v) is 3.30. The third-order valence-electron chi connectivity index (χ3n) is 4.83. The first-order valence-corrected chi connectivity index (χ1v) is 11.3. The number of carboxylic acid groups (broad SMARTS) is 4. The van der Waals surface area contributed by atoms with Crippen molar-refractivity contribution in [2.24, 2.45) is 0 Å². The zero-order valence-corrected chi connectivity index (χ0v) is 21.3. The topological polar surface area (TPSA) is 200 Å². The van der Waals surface area contributed by atoms with Gasteiger partial charge in [0.1, 0.15) is 0 Å². The SMILES string of the molecule is CC(C)n1c(N2CCN(C)CC2)nc2cc(Cl)c(N)cc21.O=C(O)/C=C\C(=O)O.O=C(O)/C=C\C(=O)O. The van der Waals surface area contributed by atoms with Crippen molar-refractivity contribution < 1.29 is 39.6 Å². The molecule has 13 nitrogen and oxygen atoms in total. The zero-order chi connectivity index (χ0) is 28.3. The minimum Gasteiger partial charge on any atom is -0.478 e. The number of hydrogen-bond donors (Lipinski definition) is 5. The molecule has 0 unspecified atom stereocenters. The first-order chi connectivity index (χ1) is 17.2. The summed E-state index contributed by atoms with van der Waals surface area (Å²) in [6.07, 6.45) is 2.23. The van der Waals surface area contributed by atoms with Gasteiger partial charge in [-0.2, -0.15) is 0 Å². The molecule has 0 radical (unpaired) electrons. The number of halogens is 1. The van der Waals surface area contributed by atoms with Gasteiger partial charge in [-0.3, -0.25) is 0 Å². The van der Waals surface area contributed by atoms with Gasteiger partial charge in [-0.15, -0.1) is 0 Å². The second-order valence-corrected chi connectivity index (χ2v) is 8.46. The Bertz CT molecular complexity index is 1120. The largest absolute Gasteiger partial charge is 0.478 e. The van der Waals surface area contributed by atoms with Crippen molar-refractivity contribution in [3.63, 3.8) is 0 Å². The second kappa shape index (κ2) is 14.5. The lowest BCUT2D eigenvalue weighted by atomic mass is 10.2. The summed E-state index contributed by atoms with van der Waals surface area (Å²) in [7, 11) is 2.16. The summed E-state index contributed by atoms with van der Waals surface area (Å²) in [5, 5.41) is 31.8. The lowest BCUT2D eigenvalue weighted by molar-refractivity contribution is -0.134. The summed E-state index contributed by atoms with van der Waals surface area (Å²) < 4.78 is 2.26. The number of fused-ring (bicyclic) bond motifs is 1. The van der Waals surface area contributed by atoms with Gasteiger partial charge in [-0.25, -0.2) is 24.2 Å². The molecular formula is C23H30ClN5O8.